The molecule has 2 aliphatic rings. The van der Waals surface area contributed by atoms with Crippen LogP contribution in [0.2, 0.25) is 0 Å². The minimum Gasteiger partial charge on any atom is -0.391 e. The summed E-state index contributed by atoms with van der Waals surface area (Å²) in [6.07, 6.45) is 5.36. The molecular formula is C30H32FN7O2. The van der Waals surface area contributed by atoms with E-state index in [0.717, 1.165) is 35.7 Å². The summed E-state index contributed by atoms with van der Waals surface area (Å²) in [5.74, 6) is 0.484. The molecule has 3 N–H and O–H groups in total. The summed E-state index contributed by atoms with van der Waals surface area (Å²) in [5.41, 5.74) is 1.41. The lowest BCUT2D eigenvalue weighted by molar-refractivity contribution is 0.0968. The zero-order chi connectivity index (χ0) is 27.6. The van der Waals surface area contributed by atoms with Gasteiger partial charge in [0, 0.05) is 43.1 Å². The Balaban J connectivity index is 1.30. The number of rotatable bonds is 6. The summed E-state index contributed by atoms with van der Waals surface area (Å²) >= 11 is 0. The summed E-state index contributed by atoms with van der Waals surface area (Å²) in [5, 5.41) is 18.1. The highest BCUT2D eigenvalue weighted by Crippen LogP contribution is 2.32. The summed E-state index contributed by atoms with van der Waals surface area (Å²) in [6.45, 7) is 4.72. The number of carbonyl (C=O) groups is 1. The average Bonchev–Trinajstić information content (AvgIpc) is 3.40. The van der Waals surface area contributed by atoms with Crippen molar-refractivity contribution in [3.63, 3.8) is 0 Å². The van der Waals surface area contributed by atoms with Crippen LogP contribution in [0.25, 0.3) is 10.8 Å². The summed E-state index contributed by atoms with van der Waals surface area (Å²) in [6, 6.07) is 14.0. The van der Waals surface area contributed by atoms with E-state index >= 15 is 4.39 Å². The number of amides is 1. The number of hydrogen-bond donors (Lipinski definition) is 3. The fourth-order valence-electron chi connectivity index (χ4n) is 5.62. The average molecular weight is 542 g/mol. The second-order valence-electron chi connectivity index (χ2n) is 10.4. The molecule has 2 atom stereocenters. The lowest BCUT2D eigenvalue weighted by Gasteiger charge is -2.35. The molecule has 0 saturated carbocycles. The number of aliphatic hydroxyl groups excluding tert-OH is 1. The molecule has 0 unspecified atom stereocenters. The fourth-order valence-corrected chi connectivity index (χ4v) is 5.62. The first kappa shape index (κ1) is 26.1. The zero-order valence-electron chi connectivity index (χ0n) is 22.3. The van der Waals surface area contributed by atoms with E-state index in [0.29, 0.717) is 49.3 Å². The molecule has 4 aromatic rings. The van der Waals surface area contributed by atoms with Crippen LogP contribution in [-0.4, -0.2) is 64.3 Å². The van der Waals surface area contributed by atoms with E-state index in [-0.39, 0.29) is 17.7 Å². The Morgan fingerprint density at radius 2 is 2.02 bits per heavy atom. The van der Waals surface area contributed by atoms with Gasteiger partial charge in [0.1, 0.15) is 17.5 Å². The molecule has 2 aromatic carbocycles. The van der Waals surface area contributed by atoms with Crippen LogP contribution >= 0.6 is 0 Å². The van der Waals surface area contributed by atoms with Crippen molar-refractivity contribution in [2.24, 2.45) is 0 Å². The fraction of sp³-hybridized carbons (Fsp3) is 0.333. The number of halogens is 1. The van der Waals surface area contributed by atoms with Crippen LogP contribution < -0.4 is 20.4 Å². The number of carbonyl (C=O) groups excluding carboxylic acids is 1. The number of fused-ring (bicyclic) bond motifs is 1. The Hall–Kier alpha value is -4.15. The van der Waals surface area contributed by atoms with E-state index in [2.05, 4.69) is 25.6 Å². The molecule has 0 spiro atoms. The predicted molar refractivity (Wildman–Crippen MR) is 154 cm³/mol. The third-order valence-corrected chi connectivity index (χ3v) is 7.65. The van der Waals surface area contributed by atoms with Gasteiger partial charge in [-0.1, -0.05) is 18.2 Å². The number of β-amino-alcohol motifs (C(OH)–C–C–N with tert-alkyl or cyclic N) is 1. The standard InChI is InChI=1S/C30H32FN7O2/c1-19-4-2-5-20-9-13-33-28(27(19)20)38(22-6-3-12-32-17-22)29(40)24-8-7-21(16-25(24)31)35-30-34-14-10-26(36-30)37-15-11-23(39)18-37/h2,4-5,7-10,13-14,16,22-23,32,39H,3,6,11-12,15,17-18H2,1H3,(H,34,35,36)/t22-,23-/m1/s1. The molecule has 9 nitrogen and oxygen atoms in total. The number of aliphatic hydroxyl groups is 1. The second kappa shape index (κ2) is 11.1. The van der Waals surface area contributed by atoms with Gasteiger partial charge in [-0.05, 0) is 74.0 Å². The largest absolute Gasteiger partial charge is 0.391 e. The molecule has 2 aliphatic heterocycles. The Bertz CT molecular complexity index is 1540. The highest BCUT2D eigenvalue weighted by molar-refractivity contribution is 6.11. The van der Waals surface area contributed by atoms with Gasteiger partial charge in [-0.15, -0.1) is 0 Å². The van der Waals surface area contributed by atoms with Crippen molar-refractivity contribution in [1.29, 1.82) is 0 Å². The van der Waals surface area contributed by atoms with Crippen LogP contribution in [0, 0.1) is 12.7 Å². The van der Waals surface area contributed by atoms with Crippen molar-refractivity contribution in [2.75, 3.05) is 41.3 Å². The summed E-state index contributed by atoms with van der Waals surface area (Å²) < 4.78 is 15.6. The van der Waals surface area contributed by atoms with Gasteiger partial charge in [0.25, 0.3) is 5.91 Å². The number of benzene rings is 2. The van der Waals surface area contributed by atoms with Gasteiger partial charge in [-0.2, -0.15) is 4.98 Å². The molecule has 4 heterocycles. The molecule has 0 radical (unpaired) electrons. The molecule has 6 rings (SSSR count). The third kappa shape index (κ3) is 5.20. The SMILES string of the molecule is Cc1cccc2ccnc(N(C(=O)c3ccc(Nc4nccc(N5CC[C@@H](O)C5)n4)cc3F)[C@@H]3CCCNC3)c12. The normalized spacial score (nSPS) is 19.1. The van der Waals surface area contributed by atoms with Gasteiger partial charge in [-0.25, -0.2) is 14.4 Å². The van der Waals surface area contributed by atoms with E-state index < -0.39 is 11.7 Å². The first-order valence-electron chi connectivity index (χ1n) is 13.7. The van der Waals surface area contributed by atoms with E-state index in [1.807, 2.05) is 36.1 Å². The molecule has 0 aliphatic carbocycles. The molecule has 10 heteroatoms. The number of piperidine rings is 1. The quantitative estimate of drug-likeness (QED) is 0.334. The van der Waals surface area contributed by atoms with Crippen molar-refractivity contribution in [3.05, 3.63) is 77.9 Å². The monoisotopic (exact) mass is 541 g/mol. The van der Waals surface area contributed by atoms with Crippen LogP contribution in [0.1, 0.15) is 35.2 Å². The van der Waals surface area contributed by atoms with Crippen molar-refractivity contribution in [2.45, 2.75) is 38.3 Å². The molecular weight excluding hydrogens is 509 g/mol. The number of aryl methyl sites for hydroxylation is 1. The Kier molecular flexibility index (Phi) is 7.27. The Labute approximate surface area is 232 Å². The number of pyridine rings is 1. The molecule has 40 heavy (non-hydrogen) atoms. The topological polar surface area (TPSA) is 107 Å². The maximum atomic E-state index is 15.6. The highest BCUT2D eigenvalue weighted by atomic mass is 19.1. The van der Waals surface area contributed by atoms with Gasteiger partial charge < -0.3 is 20.6 Å². The van der Waals surface area contributed by atoms with Crippen molar-refractivity contribution < 1.29 is 14.3 Å². The maximum absolute atomic E-state index is 15.6. The molecule has 2 saturated heterocycles. The van der Waals surface area contributed by atoms with Gasteiger partial charge in [0.15, 0.2) is 0 Å². The number of hydrogen-bond acceptors (Lipinski definition) is 8. The van der Waals surface area contributed by atoms with Crippen LogP contribution in [-0.2, 0) is 0 Å². The van der Waals surface area contributed by atoms with Crippen LogP contribution in [0.5, 0.6) is 0 Å². The minimum absolute atomic E-state index is 0.0239. The smallest absolute Gasteiger partial charge is 0.262 e. The Morgan fingerprint density at radius 3 is 2.80 bits per heavy atom. The van der Waals surface area contributed by atoms with Gasteiger partial charge in [0.05, 0.1) is 17.7 Å². The minimum atomic E-state index is -0.639. The van der Waals surface area contributed by atoms with E-state index in [4.69, 9.17) is 0 Å². The zero-order valence-corrected chi connectivity index (χ0v) is 22.3. The third-order valence-electron chi connectivity index (χ3n) is 7.65. The second-order valence-corrected chi connectivity index (χ2v) is 10.4. The van der Waals surface area contributed by atoms with Crippen LogP contribution in [0.15, 0.2) is 60.9 Å². The number of nitrogens with one attached hydrogen (secondary N) is 2. The van der Waals surface area contributed by atoms with Gasteiger partial charge >= 0.3 is 0 Å². The number of nitrogens with zero attached hydrogens (tertiary/aromatic N) is 5. The van der Waals surface area contributed by atoms with E-state index in [1.54, 1.807) is 29.4 Å². The lowest BCUT2D eigenvalue weighted by atomic mass is 10.0. The Morgan fingerprint density at radius 1 is 1.15 bits per heavy atom. The number of anilines is 4. The maximum Gasteiger partial charge on any atom is 0.262 e. The molecule has 1 amide bonds. The van der Waals surface area contributed by atoms with Crippen molar-refractivity contribution >= 4 is 40.0 Å². The summed E-state index contributed by atoms with van der Waals surface area (Å²) in [7, 11) is 0. The first-order chi connectivity index (χ1) is 19.5. The highest BCUT2D eigenvalue weighted by Gasteiger charge is 2.32. The van der Waals surface area contributed by atoms with E-state index in [1.165, 1.54) is 12.1 Å². The van der Waals surface area contributed by atoms with E-state index in [9.17, 15) is 9.90 Å². The summed E-state index contributed by atoms with van der Waals surface area (Å²) in [4.78, 5) is 31.1. The molecule has 206 valence electrons. The lowest BCUT2D eigenvalue weighted by Crippen LogP contribution is -2.49. The van der Waals surface area contributed by atoms with Crippen molar-refractivity contribution in [1.82, 2.24) is 20.3 Å². The number of aromatic nitrogens is 3. The van der Waals surface area contributed by atoms with Crippen molar-refractivity contribution in [3.8, 4) is 0 Å². The molecule has 2 fully saturated rings. The van der Waals surface area contributed by atoms with Gasteiger partial charge in [0.2, 0.25) is 5.95 Å². The van der Waals surface area contributed by atoms with Gasteiger partial charge in [-0.3, -0.25) is 9.69 Å². The molecule has 2 aromatic heterocycles. The van der Waals surface area contributed by atoms with Crippen LogP contribution in [0.4, 0.5) is 27.7 Å². The first-order valence-corrected chi connectivity index (χ1v) is 13.7. The predicted octanol–water partition coefficient (Wildman–Crippen LogP) is 4.19. The molecule has 0 bridgehead atoms. The van der Waals surface area contributed by atoms with Crippen LogP contribution in [0.3, 0.4) is 0 Å².